The normalized spacial score (nSPS) is 26.2. The molecule has 4 fully saturated rings. The molecular formula is C29H40BNO10. The fraction of sp³-hybridized carbons (Fsp3) is 0.655. The maximum atomic E-state index is 12.9. The lowest BCUT2D eigenvalue weighted by molar-refractivity contribution is -0.199. The lowest BCUT2D eigenvalue weighted by atomic mass is 9.43. The van der Waals surface area contributed by atoms with Gasteiger partial charge in [0, 0.05) is 6.42 Å². The van der Waals surface area contributed by atoms with Crippen molar-refractivity contribution in [3.63, 3.8) is 0 Å². The first kappa shape index (κ1) is 30.8. The van der Waals surface area contributed by atoms with Crippen LogP contribution in [-0.2, 0) is 44.3 Å². The van der Waals surface area contributed by atoms with Crippen LogP contribution in [0.1, 0.15) is 75.7 Å². The van der Waals surface area contributed by atoms with Crippen LogP contribution in [-0.4, -0.2) is 69.6 Å². The smallest absolute Gasteiger partial charge is 0.482 e. The molecule has 224 valence electrons. The molecule has 1 aliphatic heterocycles. The first-order valence-electron chi connectivity index (χ1n) is 14.1. The fourth-order valence-electron chi connectivity index (χ4n) is 6.58. The van der Waals surface area contributed by atoms with Crippen LogP contribution in [0.2, 0.25) is 0 Å². The molecule has 5 atom stereocenters. The minimum atomic E-state index is -0.757. The van der Waals surface area contributed by atoms with Crippen LogP contribution < -0.4 is 10.1 Å². The zero-order valence-corrected chi connectivity index (χ0v) is 24.7. The zero-order chi connectivity index (χ0) is 29.9. The van der Waals surface area contributed by atoms with Gasteiger partial charge in [0.25, 0.3) is 0 Å². The molecule has 1 amide bonds. The summed E-state index contributed by atoms with van der Waals surface area (Å²) in [5, 5.41) is 3.05. The molecule has 1 heterocycles. The van der Waals surface area contributed by atoms with E-state index in [1.807, 2.05) is 0 Å². The van der Waals surface area contributed by atoms with Gasteiger partial charge in [-0.05, 0) is 55.1 Å². The van der Waals surface area contributed by atoms with Crippen LogP contribution in [0.15, 0.2) is 18.2 Å². The summed E-state index contributed by atoms with van der Waals surface area (Å²) >= 11 is 0. The van der Waals surface area contributed by atoms with E-state index in [-0.39, 0.29) is 48.0 Å². The summed E-state index contributed by atoms with van der Waals surface area (Å²) in [5.74, 6) is -1.44. The number of benzene rings is 1. The Morgan fingerprint density at radius 2 is 1.80 bits per heavy atom. The van der Waals surface area contributed by atoms with Crippen molar-refractivity contribution in [3.8, 4) is 5.75 Å². The van der Waals surface area contributed by atoms with Gasteiger partial charge in [-0.1, -0.05) is 32.9 Å². The van der Waals surface area contributed by atoms with Crippen LogP contribution in [0.5, 0.6) is 5.75 Å². The lowest BCUT2D eigenvalue weighted by Crippen LogP contribution is -2.65. The molecule has 0 aromatic heterocycles. The number of carbonyl (C=O) groups excluding carboxylic acids is 4. The Hall–Kier alpha value is -3.12. The molecule has 4 aliphatic rings. The van der Waals surface area contributed by atoms with Crippen molar-refractivity contribution >= 4 is 30.9 Å². The molecule has 41 heavy (non-hydrogen) atoms. The first-order chi connectivity index (χ1) is 19.4. The van der Waals surface area contributed by atoms with Crippen molar-refractivity contribution in [2.45, 2.75) is 83.9 Å². The zero-order valence-electron chi connectivity index (χ0n) is 24.7. The predicted molar refractivity (Wildman–Crippen MR) is 147 cm³/mol. The van der Waals surface area contributed by atoms with E-state index in [1.54, 1.807) is 19.1 Å². The van der Waals surface area contributed by atoms with E-state index in [4.69, 9.17) is 23.5 Å². The highest BCUT2D eigenvalue weighted by Crippen LogP contribution is 2.65. The van der Waals surface area contributed by atoms with Gasteiger partial charge in [0.15, 0.2) is 0 Å². The average molecular weight is 573 g/mol. The molecule has 1 saturated heterocycles. The Kier molecular flexibility index (Phi) is 9.33. The Labute approximate surface area is 241 Å². The molecule has 1 aromatic carbocycles. The number of ether oxygens (including phenoxy) is 4. The Morgan fingerprint density at radius 3 is 2.46 bits per heavy atom. The maximum Gasteiger partial charge on any atom is 0.482 e. The summed E-state index contributed by atoms with van der Waals surface area (Å²) in [5.41, 5.74) is 0.518. The number of nitrogens with one attached hydrogen (secondary N) is 1. The second-order valence-electron chi connectivity index (χ2n) is 11.7. The molecule has 0 spiro atoms. The minimum Gasteiger partial charge on any atom is -0.496 e. The number of carbonyl (C=O) groups is 4. The van der Waals surface area contributed by atoms with E-state index in [0.717, 1.165) is 12.8 Å². The van der Waals surface area contributed by atoms with Crippen molar-refractivity contribution in [1.82, 2.24) is 5.32 Å². The summed E-state index contributed by atoms with van der Waals surface area (Å²) in [4.78, 5) is 48.4. The molecule has 5 rings (SSSR count). The summed E-state index contributed by atoms with van der Waals surface area (Å²) in [6.45, 7) is 7.86. The third kappa shape index (κ3) is 6.23. The molecule has 3 saturated carbocycles. The van der Waals surface area contributed by atoms with Crippen LogP contribution in [0.25, 0.3) is 0 Å². The third-order valence-corrected chi connectivity index (χ3v) is 9.10. The molecule has 12 heteroatoms. The summed E-state index contributed by atoms with van der Waals surface area (Å²) in [7, 11) is 2.00. The van der Waals surface area contributed by atoms with Gasteiger partial charge in [0.1, 0.15) is 11.3 Å². The first-order valence-corrected chi connectivity index (χ1v) is 14.1. The number of amides is 1. The van der Waals surface area contributed by atoms with E-state index < -0.39 is 43.4 Å². The highest BCUT2D eigenvalue weighted by Gasteiger charge is 2.68. The van der Waals surface area contributed by atoms with Gasteiger partial charge >= 0.3 is 25.0 Å². The van der Waals surface area contributed by atoms with Gasteiger partial charge in [-0.2, -0.15) is 0 Å². The number of esters is 3. The van der Waals surface area contributed by atoms with E-state index >= 15 is 0 Å². The number of hydrogen-bond acceptors (Lipinski definition) is 10. The highest BCUT2D eigenvalue weighted by atomic mass is 16.7. The fourth-order valence-corrected chi connectivity index (χ4v) is 6.58. The lowest BCUT2D eigenvalue weighted by Gasteiger charge is -2.64. The topological polar surface area (TPSA) is 136 Å². The van der Waals surface area contributed by atoms with Gasteiger partial charge in [-0.3, -0.25) is 14.4 Å². The van der Waals surface area contributed by atoms with Crippen LogP contribution in [0.3, 0.4) is 0 Å². The summed E-state index contributed by atoms with van der Waals surface area (Å²) < 4.78 is 33.2. The van der Waals surface area contributed by atoms with Gasteiger partial charge in [0.05, 0.1) is 44.7 Å². The van der Waals surface area contributed by atoms with Crippen LogP contribution in [0, 0.1) is 17.3 Å². The summed E-state index contributed by atoms with van der Waals surface area (Å²) in [6, 6.07) is 5.03. The van der Waals surface area contributed by atoms with Gasteiger partial charge in [-0.25, -0.2) is 4.79 Å². The molecular weight excluding hydrogens is 533 g/mol. The molecule has 11 nitrogen and oxygen atoms in total. The second-order valence-corrected chi connectivity index (χ2v) is 11.7. The second kappa shape index (κ2) is 12.4. The minimum absolute atomic E-state index is 0.0520. The van der Waals surface area contributed by atoms with Crippen molar-refractivity contribution < 1.29 is 47.4 Å². The molecule has 2 bridgehead atoms. The largest absolute Gasteiger partial charge is 0.496 e. The molecule has 0 radical (unpaired) electrons. The summed E-state index contributed by atoms with van der Waals surface area (Å²) in [6.07, 6.45) is 2.22. The average Bonchev–Trinajstić information content (AvgIpc) is 3.32. The molecule has 1 aromatic rings. The van der Waals surface area contributed by atoms with E-state index in [2.05, 4.69) is 30.8 Å². The standard InChI is InChI=1S/C29H40BNO10/c1-7-23(32)31-22(30-40-21-15-18-14-20(28(18,2)3)29(21,4)41-30)13-17-9-8-10-19(26(17)37-6)27(35)39-16-38-25(34)12-11-24(33)36-5/h8-10,18,20-22H,7,11-16H2,1-6H3,(H,31,32). The SMILES string of the molecule is CCC(=O)NC(Cc1cccc(C(=O)OCOC(=O)CCC(=O)OC)c1OC)B1OC2CC3CC(C3(C)C)C2(C)O1. The Balaban J connectivity index is 1.46. The monoisotopic (exact) mass is 573 g/mol. The number of hydrogen-bond donors (Lipinski definition) is 1. The maximum absolute atomic E-state index is 12.9. The van der Waals surface area contributed by atoms with Crippen molar-refractivity contribution in [2.24, 2.45) is 17.3 Å². The van der Waals surface area contributed by atoms with Crippen molar-refractivity contribution in [3.05, 3.63) is 29.3 Å². The third-order valence-electron chi connectivity index (χ3n) is 9.10. The molecule has 1 N–H and O–H groups in total. The van der Waals surface area contributed by atoms with Crippen molar-refractivity contribution in [1.29, 1.82) is 0 Å². The van der Waals surface area contributed by atoms with Gasteiger partial charge in [-0.15, -0.1) is 0 Å². The van der Waals surface area contributed by atoms with Gasteiger partial charge < -0.3 is 33.6 Å². The van der Waals surface area contributed by atoms with Crippen molar-refractivity contribution in [2.75, 3.05) is 21.0 Å². The Morgan fingerprint density at radius 1 is 1.07 bits per heavy atom. The highest BCUT2D eigenvalue weighted by molar-refractivity contribution is 6.48. The molecule has 3 aliphatic carbocycles. The molecule has 5 unspecified atom stereocenters. The predicted octanol–water partition coefficient (Wildman–Crippen LogP) is 3.01. The van der Waals surface area contributed by atoms with Crippen LogP contribution in [0.4, 0.5) is 0 Å². The van der Waals surface area contributed by atoms with E-state index in [0.29, 0.717) is 23.8 Å². The van der Waals surface area contributed by atoms with E-state index in [1.165, 1.54) is 20.3 Å². The quantitative estimate of drug-likeness (QED) is 0.226. The number of methoxy groups -OCH3 is 2. The number of rotatable bonds is 12. The van der Waals surface area contributed by atoms with Crippen LogP contribution >= 0.6 is 0 Å². The van der Waals surface area contributed by atoms with E-state index in [9.17, 15) is 19.2 Å². The Bertz CT molecular complexity index is 1170. The van der Waals surface area contributed by atoms with Gasteiger partial charge in [0.2, 0.25) is 12.7 Å². The number of para-hydroxylation sites is 1.